The number of amides is 1. The molecule has 0 saturated heterocycles. The van der Waals surface area contributed by atoms with E-state index in [0.29, 0.717) is 36.7 Å². The normalized spacial score (nSPS) is 11.3. The van der Waals surface area contributed by atoms with Gasteiger partial charge in [-0.1, -0.05) is 6.07 Å². The van der Waals surface area contributed by atoms with Crippen LogP contribution in [0.25, 0.3) is 0 Å². The number of rotatable bonds is 6. The first-order valence-corrected chi connectivity index (χ1v) is 9.14. The van der Waals surface area contributed by atoms with Crippen LogP contribution in [0.5, 0.6) is 0 Å². The van der Waals surface area contributed by atoms with Gasteiger partial charge in [-0.15, -0.1) is 11.3 Å². The van der Waals surface area contributed by atoms with Gasteiger partial charge in [0.2, 0.25) is 0 Å². The van der Waals surface area contributed by atoms with Crippen molar-refractivity contribution >= 4 is 23.2 Å². The number of carbonyl (C=O) groups excluding carboxylic acids is 1. The van der Waals surface area contributed by atoms with Crippen molar-refractivity contribution in [3.63, 3.8) is 0 Å². The number of nitrogens with zero attached hydrogens (tertiary/aromatic N) is 2. The molecule has 140 valence electrons. The molecule has 6 nitrogen and oxygen atoms in total. The average Bonchev–Trinajstić information content (AvgIpc) is 2.94. The summed E-state index contributed by atoms with van der Waals surface area (Å²) in [6.45, 7) is 7.18. The van der Waals surface area contributed by atoms with Crippen LogP contribution < -0.4 is 16.0 Å². The van der Waals surface area contributed by atoms with E-state index in [1.165, 1.54) is 10.9 Å². The van der Waals surface area contributed by atoms with E-state index in [9.17, 15) is 9.18 Å². The zero-order valence-corrected chi connectivity index (χ0v) is 16.3. The van der Waals surface area contributed by atoms with Gasteiger partial charge in [-0.2, -0.15) is 0 Å². The molecule has 0 radical (unpaired) electrons. The molecule has 0 spiro atoms. The highest BCUT2D eigenvalue weighted by atomic mass is 32.1. The highest BCUT2D eigenvalue weighted by molar-refractivity contribution is 7.11. The van der Waals surface area contributed by atoms with Crippen LogP contribution in [0, 0.1) is 26.6 Å². The monoisotopic (exact) mass is 377 g/mol. The average molecular weight is 377 g/mol. The number of halogens is 1. The van der Waals surface area contributed by atoms with Crippen molar-refractivity contribution in [2.24, 2.45) is 4.99 Å². The molecule has 0 aliphatic rings. The van der Waals surface area contributed by atoms with E-state index in [4.69, 9.17) is 0 Å². The van der Waals surface area contributed by atoms with Gasteiger partial charge in [0, 0.05) is 30.6 Å². The molecule has 1 aromatic carbocycles. The lowest BCUT2D eigenvalue weighted by atomic mass is 10.1. The third-order valence-corrected chi connectivity index (χ3v) is 4.91. The number of thiazole rings is 1. The van der Waals surface area contributed by atoms with E-state index in [1.54, 1.807) is 37.4 Å². The van der Waals surface area contributed by atoms with E-state index >= 15 is 0 Å². The summed E-state index contributed by atoms with van der Waals surface area (Å²) in [5.41, 5.74) is 1.87. The zero-order valence-electron chi connectivity index (χ0n) is 15.4. The molecule has 0 bridgehead atoms. The molecule has 1 heterocycles. The summed E-state index contributed by atoms with van der Waals surface area (Å²) in [4.78, 5) is 21.8. The summed E-state index contributed by atoms with van der Waals surface area (Å²) >= 11 is 1.65. The van der Waals surface area contributed by atoms with Gasteiger partial charge in [0.1, 0.15) is 10.8 Å². The van der Waals surface area contributed by atoms with Gasteiger partial charge in [0.05, 0.1) is 12.2 Å². The van der Waals surface area contributed by atoms with Crippen molar-refractivity contribution in [2.75, 3.05) is 20.1 Å². The lowest BCUT2D eigenvalue weighted by Crippen LogP contribution is -2.41. The van der Waals surface area contributed by atoms with Crippen LogP contribution in [-0.2, 0) is 6.54 Å². The maximum atomic E-state index is 13.5. The molecule has 0 atom stereocenters. The molecule has 0 fully saturated rings. The van der Waals surface area contributed by atoms with E-state index in [-0.39, 0.29) is 11.7 Å². The second kappa shape index (κ2) is 9.28. The standard InChI is InChI=1S/C18H24FN5OS/c1-11-5-6-14(9-15(11)19)17(25)21-7-8-22-18(20-4)23-10-16-24-12(2)13(3)26-16/h5-6,9H,7-8,10H2,1-4H3,(H,21,25)(H2,20,22,23). The predicted molar refractivity (Wildman–Crippen MR) is 103 cm³/mol. The number of aliphatic imine (C=N–C) groups is 1. The fourth-order valence-corrected chi connectivity index (χ4v) is 3.06. The van der Waals surface area contributed by atoms with E-state index < -0.39 is 0 Å². The van der Waals surface area contributed by atoms with Gasteiger partial charge in [-0.3, -0.25) is 9.79 Å². The molecule has 2 aromatic rings. The largest absolute Gasteiger partial charge is 0.355 e. The van der Waals surface area contributed by atoms with Crippen molar-refractivity contribution in [2.45, 2.75) is 27.3 Å². The molecule has 8 heteroatoms. The highest BCUT2D eigenvalue weighted by Gasteiger charge is 2.08. The molecule has 2 rings (SSSR count). The molecule has 1 amide bonds. The molecular formula is C18H24FN5OS. The second-order valence-electron chi connectivity index (χ2n) is 5.82. The lowest BCUT2D eigenvalue weighted by molar-refractivity contribution is 0.0954. The maximum absolute atomic E-state index is 13.5. The van der Waals surface area contributed by atoms with Gasteiger partial charge < -0.3 is 16.0 Å². The number of benzene rings is 1. The van der Waals surface area contributed by atoms with Crippen molar-refractivity contribution in [1.82, 2.24) is 20.9 Å². The Morgan fingerprint density at radius 3 is 2.54 bits per heavy atom. The van der Waals surface area contributed by atoms with Crippen LogP contribution in [0.1, 0.15) is 31.5 Å². The number of nitrogens with one attached hydrogen (secondary N) is 3. The summed E-state index contributed by atoms with van der Waals surface area (Å²) in [5, 5.41) is 10.0. The SMILES string of the molecule is CN=C(NCCNC(=O)c1ccc(C)c(F)c1)NCc1nc(C)c(C)s1. The fourth-order valence-electron chi connectivity index (χ4n) is 2.19. The Hall–Kier alpha value is -2.48. The number of guanidine groups is 1. The van der Waals surface area contributed by atoms with Gasteiger partial charge in [0.15, 0.2) is 5.96 Å². The Morgan fingerprint density at radius 1 is 1.19 bits per heavy atom. The molecule has 26 heavy (non-hydrogen) atoms. The molecule has 0 unspecified atom stereocenters. The van der Waals surface area contributed by atoms with E-state index in [1.807, 2.05) is 13.8 Å². The summed E-state index contributed by atoms with van der Waals surface area (Å²) in [5.74, 6) is -0.0541. The third kappa shape index (κ3) is 5.52. The lowest BCUT2D eigenvalue weighted by Gasteiger charge is -2.11. The van der Waals surface area contributed by atoms with E-state index in [2.05, 4.69) is 25.9 Å². The van der Waals surface area contributed by atoms with Crippen LogP contribution in [-0.4, -0.2) is 37.0 Å². The molecule has 0 aliphatic carbocycles. The van der Waals surface area contributed by atoms with Crippen molar-refractivity contribution in [3.05, 3.63) is 50.7 Å². The van der Waals surface area contributed by atoms with Crippen LogP contribution in [0.2, 0.25) is 0 Å². The van der Waals surface area contributed by atoms with Gasteiger partial charge in [0.25, 0.3) is 5.91 Å². The third-order valence-electron chi connectivity index (χ3n) is 3.84. The first kappa shape index (κ1) is 19.8. The first-order valence-electron chi connectivity index (χ1n) is 8.32. The van der Waals surface area contributed by atoms with Gasteiger partial charge >= 0.3 is 0 Å². The molecule has 1 aromatic heterocycles. The quantitative estimate of drug-likeness (QED) is 0.410. The Morgan fingerprint density at radius 2 is 1.92 bits per heavy atom. The number of hydrogen-bond acceptors (Lipinski definition) is 4. The van der Waals surface area contributed by atoms with Crippen molar-refractivity contribution < 1.29 is 9.18 Å². The van der Waals surface area contributed by atoms with Crippen LogP contribution in [0.3, 0.4) is 0 Å². The summed E-state index contributed by atoms with van der Waals surface area (Å²) < 4.78 is 13.5. The summed E-state index contributed by atoms with van der Waals surface area (Å²) in [6.07, 6.45) is 0. The van der Waals surface area contributed by atoms with Crippen molar-refractivity contribution in [3.8, 4) is 0 Å². The van der Waals surface area contributed by atoms with Crippen LogP contribution in [0.4, 0.5) is 4.39 Å². The fraction of sp³-hybridized carbons (Fsp3) is 0.389. The van der Waals surface area contributed by atoms with Gasteiger partial charge in [-0.25, -0.2) is 9.37 Å². The topological polar surface area (TPSA) is 78.4 Å². The molecule has 3 N–H and O–H groups in total. The Bertz CT molecular complexity index is 783. The van der Waals surface area contributed by atoms with Crippen LogP contribution in [0.15, 0.2) is 23.2 Å². The Kier molecular flexibility index (Phi) is 7.08. The zero-order chi connectivity index (χ0) is 19.1. The summed E-state index contributed by atoms with van der Waals surface area (Å²) in [7, 11) is 1.68. The first-order chi connectivity index (χ1) is 12.4. The second-order valence-corrected chi connectivity index (χ2v) is 7.11. The van der Waals surface area contributed by atoms with Crippen molar-refractivity contribution in [1.29, 1.82) is 0 Å². The Balaban J connectivity index is 1.73. The minimum atomic E-state index is -0.381. The Labute approximate surface area is 157 Å². The molecular weight excluding hydrogens is 353 g/mol. The smallest absolute Gasteiger partial charge is 0.251 e. The van der Waals surface area contributed by atoms with Gasteiger partial charge in [-0.05, 0) is 38.5 Å². The minimum absolute atomic E-state index is 0.303. The summed E-state index contributed by atoms with van der Waals surface area (Å²) in [6, 6.07) is 4.45. The maximum Gasteiger partial charge on any atom is 0.251 e. The number of aryl methyl sites for hydroxylation is 3. The predicted octanol–water partition coefficient (Wildman–Crippen LogP) is 2.30. The highest BCUT2D eigenvalue weighted by Crippen LogP contribution is 2.15. The minimum Gasteiger partial charge on any atom is -0.355 e. The van der Waals surface area contributed by atoms with E-state index in [0.717, 1.165) is 10.7 Å². The van der Waals surface area contributed by atoms with Crippen LogP contribution >= 0.6 is 11.3 Å². The number of hydrogen-bond donors (Lipinski definition) is 3. The molecule has 0 saturated carbocycles. The number of aromatic nitrogens is 1. The number of carbonyl (C=O) groups is 1. The molecule has 0 aliphatic heterocycles.